The fourth-order valence-electron chi connectivity index (χ4n) is 3.81. The van der Waals surface area contributed by atoms with E-state index in [-0.39, 0.29) is 18.3 Å². The van der Waals surface area contributed by atoms with Gasteiger partial charge in [-0.25, -0.2) is 0 Å². The molecule has 26 heavy (non-hydrogen) atoms. The molecule has 0 spiro atoms. The molecule has 0 saturated heterocycles. The van der Waals surface area contributed by atoms with Gasteiger partial charge in [-0.2, -0.15) is 0 Å². The molecule has 1 saturated carbocycles. The standard InChI is InChI=1S/C21H23NO4/c22-21(20(25)26,17-11-16(12-17)19(23)24)13-18(14-7-3-1-4-8-14)15-9-5-2-6-10-15/h1-10,16-18H,11-13,22H2,(H,23,24)(H,25,26). The Balaban J connectivity index is 1.91. The van der Waals surface area contributed by atoms with Gasteiger partial charge >= 0.3 is 11.9 Å². The molecular formula is C21H23NO4. The maximum absolute atomic E-state index is 12.1. The second kappa shape index (κ2) is 7.30. The van der Waals surface area contributed by atoms with Crippen LogP contribution in [0, 0.1) is 11.8 Å². The Labute approximate surface area is 152 Å². The Bertz CT molecular complexity index is 732. The van der Waals surface area contributed by atoms with Gasteiger partial charge in [-0.1, -0.05) is 60.7 Å². The van der Waals surface area contributed by atoms with Gasteiger partial charge < -0.3 is 15.9 Å². The number of aliphatic carboxylic acids is 2. The third kappa shape index (κ3) is 3.48. The third-order valence-electron chi connectivity index (χ3n) is 5.56. The fourth-order valence-corrected chi connectivity index (χ4v) is 3.81. The minimum absolute atomic E-state index is 0.164. The Morgan fingerprint density at radius 2 is 1.42 bits per heavy atom. The van der Waals surface area contributed by atoms with Crippen LogP contribution < -0.4 is 5.73 Å². The zero-order valence-electron chi connectivity index (χ0n) is 14.4. The number of hydrogen-bond acceptors (Lipinski definition) is 3. The van der Waals surface area contributed by atoms with Gasteiger partial charge in [-0.05, 0) is 36.3 Å². The lowest BCUT2D eigenvalue weighted by Crippen LogP contribution is -2.59. The number of carboxylic acid groups (broad SMARTS) is 2. The minimum Gasteiger partial charge on any atom is -0.481 e. The van der Waals surface area contributed by atoms with Crippen LogP contribution in [-0.2, 0) is 9.59 Å². The van der Waals surface area contributed by atoms with E-state index in [0.717, 1.165) is 11.1 Å². The van der Waals surface area contributed by atoms with Gasteiger partial charge in [0.15, 0.2) is 0 Å². The first-order valence-corrected chi connectivity index (χ1v) is 8.76. The monoisotopic (exact) mass is 353 g/mol. The number of carbonyl (C=O) groups is 2. The molecule has 2 aromatic rings. The molecule has 1 fully saturated rings. The zero-order chi connectivity index (χ0) is 18.7. The van der Waals surface area contributed by atoms with Crippen molar-refractivity contribution in [2.75, 3.05) is 0 Å². The summed E-state index contributed by atoms with van der Waals surface area (Å²) in [5.41, 5.74) is 6.94. The molecule has 1 aliphatic carbocycles. The lowest BCUT2D eigenvalue weighted by Gasteiger charge is -2.44. The number of benzene rings is 2. The molecule has 0 bridgehead atoms. The molecular weight excluding hydrogens is 330 g/mol. The molecule has 0 heterocycles. The SMILES string of the molecule is NC(CC(c1ccccc1)c1ccccc1)(C(=O)O)C1CC(C(=O)O)C1. The van der Waals surface area contributed by atoms with Gasteiger partial charge in [-0.15, -0.1) is 0 Å². The summed E-state index contributed by atoms with van der Waals surface area (Å²) in [6.45, 7) is 0. The first-order chi connectivity index (χ1) is 12.4. The predicted molar refractivity (Wildman–Crippen MR) is 97.7 cm³/mol. The molecule has 5 heteroatoms. The van der Waals surface area contributed by atoms with Gasteiger partial charge in [0.2, 0.25) is 0 Å². The van der Waals surface area contributed by atoms with Crippen molar-refractivity contribution in [3.8, 4) is 0 Å². The molecule has 136 valence electrons. The van der Waals surface area contributed by atoms with Gasteiger partial charge in [0.25, 0.3) is 0 Å². The van der Waals surface area contributed by atoms with Crippen molar-refractivity contribution in [2.45, 2.75) is 30.7 Å². The first kappa shape index (κ1) is 18.1. The Kier molecular flexibility index (Phi) is 5.09. The van der Waals surface area contributed by atoms with Crippen molar-refractivity contribution in [1.82, 2.24) is 0 Å². The molecule has 1 aliphatic rings. The Morgan fingerprint density at radius 1 is 0.962 bits per heavy atom. The van der Waals surface area contributed by atoms with Crippen LogP contribution in [-0.4, -0.2) is 27.7 Å². The summed E-state index contributed by atoms with van der Waals surface area (Å²) in [6, 6.07) is 19.4. The van der Waals surface area contributed by atoms with Crippen LogP contribution >= 0.6 is 0 Å². The van der Waals surface area contributed by atoms with Crippen LogP contribution in [0.5, 0.6) is 0 Å². The van der Waals surface area contributed by atoms with E-state index in [0.29, 0.717) is 12.8 Å². The van der Waals surface area contributed by atoms with E-state index in [4.69, 9.17) is 10.8 Å². The number of hydrogen-bond donors (Lipinski definition) is 3. The van der Waals surface area contributed by atoms with Crippen molar-refractivity contribution in [2.24, 2.45) is 17.6 Å². The van der Waals surface area contributed by atoms with E-state index in [9.17, 15) is 14.7 Å². The highest BCUT2D eigenvalue weighted by Crippen LogP contribution is 2.45. The van der Waals surface area contributed by atoms with E-state index in [1.165, 1.54) is 0 Å². The summed E-state index contributed by atoms with van der Waals surface area (Å²) >= 11 is 0. The molecule has 0 radical (unpaired) electrons. The third-order valence-corrected chi connectivity index (χ3v) is 5.56. The number of carboxylic acids is 2. The summed E-state index contributed by atoms with van der Waals surface area (Å²) in [4.78, 5) is 23.2. The molecule has 4 N–H and O–H groups in total. The van der Waals surface area contributed by atoms with E-state index in [1.54, 1.807) is 0 Å². The number of rotatable bonds is 7. The van der Waals surface area contributed by atoms with Crippen molar-refractivity contribution in [1.29, 1.82) is 0 Å². The van der Waals surface area contributed by atoms with Crippen molar-refractivity contribution in [3.63, 3.8) is 0 Å². The smallest absolute Gasteiger partial charge is 0.323 e. The molecule has 0 amide bonds. The number of nitrogens with two attached hydrogens (primary N) is 1. The highest BCUT2D eigenvalue weighted by Gasteiger charge is 2.51. The Morgan fingerprint density at radius 3 is 1.81 bits per heavy atom. The van der Waals surface area contributed by atoms with E-state index < -0.39 is 23.4 Å². The molecule has 0 aromatic heterocycles. The molecule has 2 aromatic carbocycles. The average Bonchev–Trinajstić information content (AvgIpc) is 2.59. The highest BCUT2D eigenvalue weighted by molar-refractivity contribution is 5.80. The van der Waals surface area contributed by atoms with E-state index in [1.807, 2.05) is 60.7 Å². The first-order valence-electron chi connectivity index (χ1n) is 8.76. The van der Waals surface area contributed by atoms with E-state index >= 15 is 0 Å². The van der Waals surface area contributed by atoms with Crippen LogP contribution in [0.15, 0.2) is 60.7 Å². The van der Waals surface area contributed by atoms with E-state index in [2.05, 4.69) is 0 Å². The molecule has 1 atom stereocenters. The van der Waals surface area contributed by atoms with Gasteiger partial charge in [0, 0.05) is 5.92 Å². The summed E-state index contributed by atoms with van der Waals surface area (Å²) in [5, 5.41) is 19.0. The summed E-state index contributed by atoms with van der Waals surface area (Å²) in [5.74, 6) is -2.94. The maximum atomic E-state index is 12.1. The largest absolute Gasteiger partial charge is 0.481 e. The van der Waals surface area contributed by atoms with Crippen molar-refractivity contribution < 1.29 is 19.8 Å². The molecule has 3 rings (SSSR count). The molecule has 0 aliphatic heterocycles. The topological polar surface area (TPSA) is 101 Å². The summed E-state index contributed by atoms with van der Waals surface area (Å²) < 4.78 is 0. The predicted octanol–water partition coefficient (Wildman–Crippen LogP) is 3.10. The quantitative estimate of drug-likeness (QED) is 0.710. The van der Waals surface area contributed by atoms with Crippen LogP contribution in [0.2, 0.25) is 0 Å². The summed E-state index contributed by atoms with van der Waals surface area (Å²) in [7, 11) is 0. The second-order valence-corrected chi connectivity index (χ2v) is 7.13. The van der Waals surface area contributed by atoms with Gasteiger partial charge in [0.1, 0.15) is 5.54 Å². The average molecular weight is 353 g/mol. The van der Waals surface area contributed by atoms with Gasteiger partial charge in [-0.3, -0.25) is 9.59 Å². The maximum Gasteiger partial charge on any atom is 0.323 e. The second-order valence-electron chi connectivity index (χ2n) is 7.13. The van der Waals surface area contributed by atoms with Gasteiger partial charge in [0.05, 0.1) is 5.92 Å². The minimum atomic E-state index is -1.46. The fraction of sp³-hybridized carbons (Fsp3) is 0.333. The van der Waals surface area contributed by atoms with Crippen molar-refractivity contribution in [3.05, 3.63) is 71.8 Å². The van der Waals surface area contributed by atoms with Crippen LogP contribution in [0.3, 0.4) is 0 Å². The molecule has 1 unspecified atom stereocenters. The normalized spacial score (nSPS) is 21.6. The lowest BCUT2D eigenvalue weighted by molar-refractivity contribution is -0.156. The highest BCUT2D eigenvalue weighted by atomic mass is 16.4. The lowest BCUT2D eigenvalue weighted by atomic mass is 9.62. The van der Waals surface area contributed by atoms with Crippen molar-refractivity contribution >= 4 is 11.9 Å². The molecule has 5 nitrogen and oxygen atoms in total. The zero-order valence-corrected chi connectivity index (χ0v) is 14.4. The Hall–Kier alpha value is -2.66. The summed E-state index contributed by atoms with van der Waals surface area (Å²) in [6.07, 6.45) is 0.857. The van der Waals surface area contributed by atoms with Crippen LogP contribution in [0.25, 0.3) is 0 Å². The van der Waals surface area contributed by atoms with Crippen LogP contribution in [0.1, 0.15) is 36.3 Å². The van der Waals surface area contributed by atoms with Crippen LogP contribution in [0.4, 0.5) is 0 Å².